The van der Waals surface area contributed by atoms with E-state index in [0.717, 1.165) is 53.6 Å². The number of carbonyl (C=O) groups excluding carboxylic acids is 1. The number of carbonyl (C=O) groups is 1. The first kappa shape index (κ1) is 21.0. The van der Waals surface area contributed by atoms with Crippen molar-refractivity contribution in [2.24, 2.45) is 0 Å². The van der Waals surface area contributed by atoms with E-state index in [9.17, 15) is 4.79 Å². The lowest BCUT2D eigenvalue weighted by molar-refractivity contribution is 0.169. The van der Waals surface area contributed by atoms with Crippen molar-refractivity contribution in [2.75, 3.05) is 29.9 Å². The zero-order valence-electron chi connectivity index (χ0n) is 17.6. The second kappa shape index (κ2) is 8.56. The topological polar surface area (TPSA) is 61.4 Å². The van der Waals surface area contributed by atoms with Gasteiger partial charge in [0, 0.05) is 48.9 Å². The Balaban J connectivity index is 1.24. The summed E-state index contributed by atoms with van der Waals surface area (Å²) < 4.78 is 0. The van der Waals surface area contributed by atoms with Gasteiger partial charge in [0.1, 0.15) is 5.82 Å². The number of piperazine rings is 1. The lowest BCUT2D eigenvalue weighted by atomic mass is 10.1. The highest BCUT2D eigenvalue weighted by Gasteiger charge is 2.53. The van der Waals surface area contributed by atoms with Crippen LogP contribution in [-0.4, -0.2) is 46.1 Å². The normalized spacial score (nSPS) is 16.8. The number of amides is 2. The van der Waals surface area contributed by atoms with Gasteiger partial charge < -0.3 is 15.1 Å². The van der Waals surface area contributed by atoms with Crippen molar-refractivity contribution in [3.8, 4) is 11.3 Å². The van der Waals surface area contributed by atoms with Crippen molar-refractivity contribution in [3.63, 3.8) is 0 Å². The van der Waals surface area contributed by atoms with Crippen LogP contribution in [0.15, 0.2) is 60.6 Å². The Labute approximate surface area is 196 Å². The van der Waals surface area contributed by atoms with E-state index >= 15 is 0 Å². The molecule has 164 valence electrons. The molecular formula is C24H24ClN5OS. The fourth-order valence-corrected chi connectivity index (χ4v) is 5.28. The predicted molar refractivity (Wildman–Crippen MR) is 131 cm³/mol. The van der Waals surface area contributed by atoms with Crippen LogP contribution in [0.5, 0.6) is 0 Å². The molecule has 2 fully saturated rings. The summed E-state index contributed by atoms with van der Waals surface area (Å²) in [4.78, 5) is 26.4. The minimum atomic E-state index is -0.134. The van der Waals surface area contributed by atoms with Crippen LogP contribution in [0.4, 0.5) is 16.3 Å². The lowest BCUT2D eigenvalue weighted by Gasteiger charge is -2.42. The first-order valence-corrected chi connectivity index (χ1v) is 11.9. The van der Waals surface area contributed by atoms with E-state index in [1.54, 1.807) is 17.5 Å². The Kier molecular flexibility index (Phi) is 5.61. The standard InChI is InChI=1S/C24H24ClN5OS/c1-2-4-21-28-20(15-32-21)17-6-8-18(9-7-17)27-23(31)30-14-13-29(16-24(30)10-11-24)22-19(25)5-3-12-26-22/h2-3,5-9,12,15H,1,4,10-11,13-14,16H2,(H,27,31). The van der Waals surface area contributed by atoms with Gasteiger partial charge in [-0.1, -0.05) is 29.8 Å². The van der Waals surface area contributed by atoms with E-state index in [-0.39, 0.29) is 11.6 Å². The molecule has 0 radical (unpaired) electrons. The number of anilines is 2. The molecule has 1 spiro atoms. The highest BCUT2D eigenvalue weighted by Crippen LogP contribution is 2.45. The number of rotatable bonds is 5. The summed E-state index contributed by atoms with van der Waals surface area (Å²) in [7, 11) is 0. The Bertz CT molecular complexity index is 1140. The number of benzene rings is 1. The number of halogens is 1. The molecule has 6 nitrogen and oxygen atoms in total. The molecule has 1 aliphatic heterocycles. The average Bonchev–Trinajstić information content (AvgIpc) is 3.39. The van der Waals surface area contributed by atoms with Gasteiger partial charge in [-0.2, -0.15) is 0 Å². The molecule has 8 heteroatoms. The monoisotopic (exact) mass is 465 g/mol. The van der Waals surface area contributed by atoms with Gasteiger partial charge in [-0.15, -0.1) is 17.9 Å². The summed E-state index contributed by atoms with van der Waals surface area (Å²) >= 11 is 7.98. The molecule has 1 saturated heterocycles. The number of aromatic nitrogens is 2. The molecule has 1 saturated carbocycles. The van der Waals surface area contributed by atoms with E-state index < -0.39 is 0 Å². The van der Waals surface area contributed by atoms with Crippen LogP contribution in [0.2, 0.25) is 5.02 Å². The van der Waals surface area contributed by atoms with Crippen molar-refractivity contribution in [1.82, 2.24) is 14.9 Å². The smallest absolute Gasteiger partial charge is 0.322 e. The number of pyridine rings is 1. The molecule has 0 bridgehead atoms. The van der Waals surface area contributed by atoms with E-state index in [2.05, 4.69) is 32.1 Å². The maximum Gasteiger partial charge on any atom is 0.322 e. The van der Waals surface area contributed by atoms with Crippen LogP contribution >= 0.6 is 22.9 Å². The summed E-state index contributed by atoms with van der Waals surface area (Å²) in [5.74, 6) is 0.800. The number of hydrogen-bond donors (Lipinski definition) is 1. The summed E-state index contributed by atoms with van der Waals surface area (Å²) in [5.41, 5.74) is 2.64. The molecular weight excluding hydrogens is 442 g/mol. The second-order valence-electron chi connectivity index (χ2n) is 8.23. The van der Waals surface area contributed by atoms with Gasteiger partial charge >= 0.3 is 6.03 Å². The van der Waals surface area contributed by atoms with Crippen molar-refractivity contribution in [3.05, 3.63) is 70.7 Å². The van der Waals surface area contributed by atoms with Crippen molar-refractivity contribution < 1.29 is 4.79 Å². The highest BCUT2D eigenvalue weighted by molar-refractivity contribution is 7.10. The van der Waals surface area contributed by atoms with Gasteiger partial charge in [-0.05, 0) is 37.1 Å². The third-order valence-electron chi connectivity index (χ3n) is 6.06. The van der Waals surface area contributed by atoms with Gasteiger partial charge in [0.15, 0.2) is 0 Å². The van der Waals surface area contributed by atoms with Crippen LogP contribution in [0.25, 0.3) is 11.3 Å². The Hall–Kier alpha value is -2.90. The number of allylic oxidation sites excluding steroid dienone is 1. The van der Waals surface area contributed by atoms with E-state index in [4.69, 9.17) is 11.6 Å². The number of urea groups is 1. The molecule has 2 aromatic heterocycles. The van der Waals surface area contributed by atoms with Crippen molar-refractivity contribution in [2.45, 2.75) is 24.8 Å². The SMILES string of the molecule is C=CCc1nc(-c2ccc(NC(=O)N3CCN(c4ncccc4Cl)CC34CC4)cc2)cs1. The van der Waals surface area contributed by atoms with Gasteiger partial charge in [-0.3, -0.25) is 0 Å². The molecule has 0 atom stereocenters. The third-order valence-corrected chi connectivity index (χ3v) is 7.23. The first-order chi connectivity index (χ1) is 15.6. The van der Waals surface area contributed by atoms with E-state index in [1.165, 1.54) is 0 Å². The lowest BCUT2D eigenvalue weighted by Crippen LogP contribution is -2.58. The molecule has 3 heterocycles. The predicted octanol–water partition coefficient (Wildman–Crippen LogP) is 5.47. The molecule has 1 N–H and O–H groups in total. The number of thiazole rings is 1. The van der Waals surface area contributed by atoms with Crippen LogP contribution in [0.3, 0.4) is 0 Å². The number of nitrogens with one attached hydrogen (secondary N) is 1. The van der Waals surface area contributed by atoms with Crippen LogP contribution < -0.4 is 10.2 Å². The summed E-state index contributed by atoms with van der Waals surface area (Å²) in [6.07, 6.45) is 6.39. The van der Waals surface area contributed by atoms with Crippen molar-refractivity contribution >= 4 is 40.5 Å². The molecule has 0 unspecified atom stereocenters. The maximum atomic E-state index is 13.1. The molecule has 5 rings (SSSR count). The minimum Gasteiger partial charge on any atom is -0.351 e. The maximum absolute atomic E-state index is 13.1. The van der Waals surface area contributed by atoms with Crippen molar-refractivity contribution in [1.29, 1.82) is 0 Å². The number of hydrogen-bond acceptors (Lipinski definition) is 5. The molecule has 32 heavy (non-hydrogen) atoms. The van der Waals surface area contributed by atoms with E-state index in [1.807, 2.05) is 47.4 Å². The highest BCUT2D eigenvalue weighted by atomic mass is 35.5. The third kappa shape index (κ3) is 4.10. The molecule has 1 aliphatic carbocycles. The van der Waals surface area contributed by atoms with Gasteiger partial charge in [0.2, 0.25) is 0 Å². The molecule has 2 amide bonds. The number of nitrogens with zero attached hydrogens (tertiary/aromatic N) is 4. The first-order valence-electron chi connectivity index (χ1n) is 10.7. The average molecular weight is 466 g/mol. The fourth-order valence-electron chi connectivity index (χ4n) is 4.23. The largest absolute Gasteiger partial charge is 0.351 e. The molecule has 3 aromatic rings. The van der Waals surface area contributed by atoms with E-state index in [0.29, 0.717) is 18.1 Å². The van der Waals surface area contributed by atoms with Gasteiger partial charge in [0.05, 0.1) is 21.3 Å². The summed E-state index contributed by atoms with van der Waals surface area (Å²) in [5, 5.41) is 6.83. The van der Waals surface area contributed by atoms with Crippen LogP contribution in [-0.2, 0) is 6.42 Å². The zero-order valence-corrected chi connectivity index (χ0v) is 19.2. The molecule has 1 aromatic carbocycles. The van der Waals surface area contributed by atoms with Crippen LogP contribution in [0, 0.1) is 0 Å². The quantitative estimate of drug-likeness (QED) is 0.507. The fraction of sp³-hybridized carbons (Fsp3) is 0.292. The minimum absolute atomic E-state index is 0.0519. The van der Waals surface area contributed by atoms with Gasteiger partial charge in [0.25, 0.3) is 0 Å². The zero-order chi connectivity index (χ0) is 22.1. The Morgan fingerprint density at radius 1 is 1.25 bits per heavy atom. The van der Waals surface area contributed by atoms with Gasteiger partial charge in [-0.25, -0.2) is 14.8 Å². The van der Waals surface area contributed by atoms with Crippen LogP contribution in [0.1, 0.15) is 17.8 Å². The Morgan fingerprint density at radius 2 is 2.06 bits per heavy atom. The molecule has 2 aliphatic rings. The second-order valence-corrected chi connectivity index (χ2v) is 9.58. The Morgan fingerprint density at radius 3 is 2.78 bits per heavy atom. The summed E-state index contributed by atoms with van der Waals surface area (Å²) in [6, 6.07) is 11.5. The summed E-state index contributed by atoms with van der Waals surface area (Å²) in [6.45, 7) is 5.87.